The van der Waals surface area contributed by atoms with Crippen LogP contribution in [0.3, 0.4) is 0 Å². The van der Waals surface area contributed by atoms with Gasteiger partial charge in [0.1, 0.15) is 0 Å². The first-order valence-electron chi connectivity index (χ1n) is 5.80. The summed E-state index contributed by atoms with van der Waals surface area (Å²) in [6.07, 6.45) is 1.19. The van der Waals surface area contributed by atoms with Gasteiger partial charge >= 0.3 is 0 Å². The van der Waals surface area contributed by atoms with Crippen LogP contribution in [0.25, 0.3) is 0 Å². The fourth-order valence-corrected chi connectivity index (χ4v) is 5.97. The monoisotopic (exact) mass is 404 g/mol. The molecule has 94 valence electrons. The topological polar surface area (TPSA) is 0 Å². The van der Waals surface area contributed by atoms with Gasteiger partial charge in [0.25, 0.3) is 0 Å². The van der Waals surface area contributed by atoms with E-state index in [-0.39, 0.29) is 5.38 Å². The van der Waals surface area contributed by atoms with Crippen molar-refractivity contribution in [1.29, 1.82) is 0 Å². The molecule has 2 aromatic rings. The van der Waals surface area contributed by atoms with Crippen LogP contribution in [0.5, 0.6) is 0 Å². The molecule has 0 spiro atoms. The van der Waals surface area contributed by atoms with Crippen LogP contribution in [0.4, 0.5) is 0 Å². The molecule has 0 amide bonds. The molecule has 1 heterocycles. The van der Waals surface area contributed by atoms with Crippen LogP contribution >= 0.6 is 54.8 Å². The van der Waals surface area contributed by atoms with Gasteiger partial charge in [-0.1, -0.05) is 30.3 Å². The number of halogens is 3. The van der Waals surface area contributed by atoms with Crippen molar-refractivity contribution in [3.8, 4) is 0 Å². The lowest BCUT2D eigenvalue weighted by atomic mass is 10.1. The Morgan fingerprint density at radius 1 is 1.22 bits per heavy atom. The number of alkyl halides is 1. The molecule has 0 aliphatic heterocycles. The highest BCUT2D eigenvalue weighted by molar-refractivity contribution is 9.12. The van der Waals surface area contributed by atoms with E-state index in [1.165, 1.54) is 17.5 Å². The fourth-order valence-electron chi connectivity index (χ4n) is 2.39. The normalized spacial score (nSPS) is 23.9. The fraction of sp³-hybridized carbons (Fsp3) is 0.286. The van der Waals surface area contributed by atoms with Gasteiger partial charge in [-0.3, -0.25) is 0 Å². The standard InChI is InChI=1S/C14H11Br2ClS/c15-12-7-11(14(16)18-12)13(17)10-6-9(10)8-4-2-1-3-5-8/h1-5,7,9-10,13H,6H2. The first-order valence-corrected chi connectivity index (χ1v) is 8.64. The first-order chi connectivity index (χ1) is 8.66. The summed E-state index contributed by atoms with van der Waals surface area (Å²) in [6.45, 7) is 0. The number of hydrogen-bond donors (Lipinski definition) is 0. The van der Waals surface area contributed by atoms with Gasteiger partial charge in [-0.25, -0.2) is 0 Å². The largest absolute Gasteiger partial charge is 0.121 e. The minimum absolute atomic E-state index is 0.104. The zero-order chi connectivity index (χ0) is 12.7. The molecule has 0 bridgehead atoms. The summed E-state index contributed by atoms with van der Waals surface area (Å²) in [5.74, 6) is 1.19. The smallest absolute Gasteiger partial charge is 0.0757 e. The Morgan fingerprint density at radius 3 is 2.56 bits per heavy atom. The van der Waals surface area contributed by atoms with Crippen molar-refractivity contribution in [3.05, 3.63) is 55.1 Å². The molecule has 18 heavy (non-hydrogen) atoms. The van der Waals surface area contributed by atoms with Crippen LogP contribution in [0.15, 0.2) is 44.0 Å². The van der Waals surface area contributed by atoms with Crippen molar-refractivity contribution in [3.63, 3.8) is 0 Å². The molecule has 1 aromatic heterocycles. The molecule has 3 rings (SSSR count). The molecule has 0 radical (unpaired) electrons. The molecule has 1 aliphatic carbocycles. The molecule has 1 saturated carbocycles. The molecular weight excluding hydrogens is 395 g/mol. The average Bonchev–Trinajstić information content (AvgIpc) is 3.10. The third-order valence-electron chi connectivity index (χ3n) is 3.42. The van der Waals surface area contributed by atoms with Gasteiger partial charge in [-0.15, -0.1) is 22.9 Å². The van der Waals surface area contributed by atoms with Crippen molar-refractivity contribution in [2.24, 2.45) is 5.92 Å². The molecule has 1 aliphatic rings. The number of benzene rings is 1. The zero-order valence-corrected chi connectivity index (χ0v) is 14.2. The molecule has 0 saturated heterocycles. The Bertz CT molecular complexity index is 552. The van der Waals surface area contributed by atoms with Gasteiger partial charge in [0.2, 0.25) is 0 Å². The predicted octanol–water partition coefficient (Wildman–Crippen LogP) is 6.36. The molecule has 3 atom stereocenters. The van der Waals surface area contributed by atoms with Crippen molar-refractivity contribution < 1.29 is 0 Å². The Labute approximate surface area is 133 Å². The second-order valence-corrected chi connectivity index (χ2v) is 8.82. The molecular formula is C14H11Br2ClS. The highest BCUT2D eigenvalue weighted by atomic mass is 79.9. The Morgan fingerprint density at radius 2 is 1.94 bits per heavy atom. The third-order valence-corrected chi connectivity index (χ3v) is 6.37. The van der Waals surface area contributed by atoms with E-state index in [0.29, 0.717) is 11.8 Å². The van der Waals surface area contributed by atoms with Crippen molar-refractivity contribution in [2.45, 2.75) is 17.7 Å². The number of hydrogen-bond acceptors (Lipinski definition) is 1. The van der Waals surface area contributed by atoms with Crippen molar-refractivity contribution in [2.75, 3.05) is 0 Å². The summed E-state index contributed by atoms with van der Waals surface area (Å²) < 4.78 is 2.28. The molecule has 0 N–H and O–H groups in total. The lowest BCUT2D eigenvalue weighted by molar-refractivity contribution is 0.764. The van der Waals surface area contributed by atoms with Crippen LogP contribution in [0.2, 0.25) is 0 Å². The number of thiophene rings is 1. The van der Waals surface area contributed by atoms with E-state index in [9.17, 15) is 0 Å². The molecule has 0 nitrogen and oxygen atoms in total. The van der Waals surface area contributed by atoms with Crippen LogP contribution < -0.4 is 0 Å². The van der Waals surface area contributed by atoms with E-state index in [0.717, 1.165) is 7.57 Å². The van der Waals surface area contributed by atoms with Crippen molar-refractivity contribution >= 4 is 54.8 Å². The van der Waals surface area contributed by atoms with E-state index in [1.54, 1.807) is 11.3 Å². The summed E-state index contributed by atoms with van der Waals surface area (Å²) in [4.78, 5) is 0. The maximum absolute atomic E-state index is 6.62. The Kier molecular flexibility index (Phi) is 3.86. The van der Waals surface area contributed by atoms with Crippen LogP contribution in [-0.2, 0) is 0 Å². The van der Waals surface area contributed by atoms with Crippen LogP contribution in [0.1, 0.15) is 28.8 Å². The second kappa shape index (κ2) is 5.28. The maximum Gasteiger partial charge on any atom is 0.0757 e. The van der Waals surface area contributed by atoms with Gasteiger partial charge < -0.3 is 0 Å². The summed E-state index contributed by atoms with van der Waals surface area (Å²) in [5, 5.41) is 0.104. The van der Waals surface area contributed by atoms with Gasteiger partial charge in [0.05, 0.1) is 12.9 Å². The van der Waals surface area contributed by atoms with Gasteiger partial charge in [0, 0.05) is 0 Å². The van der Waals surface area contributed by atoms with Crippen LogP contribution in [-0.4, -0.2) is 0 Å². The summed E-state index contributed by atoms with van der Waals surface area (Å²) in [7, 11) is 0. The van der Waals surface area contributed by atoms with E-state index in [4.69, 9.17) is 11.6 Å². The van der Waals surface area contributed by atoms with Gasteiger partial charge in [0.15, 0.2) is 0 Å². The van der Waals surface area contributed by atoms with Crippen molar-refractivity contribution in [1.82, 2.24) is 0 Å². The molecule has 1 aromatic carbocycles. The minimum Gasteiger partial charge on any atom is -0.121 e. The van der Waals surface area contributed by atoms with E-state index in [2.05, 4.69) is 68.3 Å². The average molecular weight is 407 g/mol. The molecule has 4 heteroatoms. The SMILES string of the molecule is ClC(c1cc(Br)sc1Br)C1CC1c1ccccc1. The quantitative estimate of drug-likeness (QED) is 0.521. The first kappa shape index (κ1) is 13.2. The number of rotatable bonds is 3. The minimum atomic E-state index is 0.104. The summed E-state index contributed by atoms with van der Waals surface area (Å²) in [5.41, 5.74) is 2.63. The van der Waals surface area contributed by atoms with Gasteiger partial charge in [-0.2, -0.15) is 0 Å². The second-order valence-electron chi connectivity index (χ2n) is 4.60. The summed E-state index contributed by atoms with van der Waals surface area (Å²) >= 11 is 15.4. The highest BCUT2D eigenvalue weighted by Crippen LogP contribution is 2.58. The maximum atomic E-state index is 6.62. The van der Waals surface area contributed by atoms with Crippen LogP contribution in [0, 0.1) is 5.92 Å². The lowest BCUT2D eigenvalue weighted by Gasteiger charge is -2.08. The van der Waals surface area contributed by atoms with E-state index in [1.807, 2.05) is 0 Å². The van der Waals surface area contributed by atoms with E-state index < -0.39 is 0 Å². The lowest BCUT2D eigenvalue weighted by Crippen LogP contribution is -1.94. The Hall–Kier alpha value is 0.170. The third kappa shape index (κ3) is 2.55. The molecule has 3 unspecified atom stereocenters. The highest BCUT2D eigenvalue weighted by Gasteiger charge is 2.44. The molecule has 1 fully saturated rings. The van der Waals surface area contributed by atoms with E-state index >= 15 is 0 Å². The summed E-state index contributed by atoms with van der Waals surface area (Å²) in [6, 6.07) is 12.8. The predicted molar refractivity (Wildman–Crippen MR) is 85.6 cm³/mol. The Balaban J connectivity index is 1.77. The van der Waals surface area contributed by atoms with Gasteiger partial charge in [-0.05, 0) is 67.3 Å². The zero-order valence-electron chi connectivity index (χ0n) is 9.45.